The molecule has 0 aliphatic carbocycles. The van der Waals surface area contributed by atoms with E-state index in [9.17, 15) is 0 Å². The summed E-state index contributed by atoms with van der Waals surface area (Å²) in [6, 6.07) is 13.5. The predicted octanol–water partition coefficient (Wildman–Crippen LogP) is 9.05. The van der Waals surface area contributed by atoms with E-state index in [1.165, 1.54) is 38.9 Å². The Morgan fingerprint density at radius 3 is 1.14 bits per heavy atom. The molecule has 0 saturated carbocycles. The van der Waals surface area contributed by atoms with Crippen molar-refractivity contribution in [1.82, 2.24) is 4.98 Å². The van der Waals surface area contributed by atoms with E-state index in [0.29, 0.717) is 0 Å². The largest absolute Gasteiger partial charge is 0.251 e. The lowest BCUT2D eigenvalue weighted by Crippen LogP contribution is -2.07. The summed E-state index contributed by atoms with van der Waals surface area (Å²) >= 11 is 0. The molecule has 0 radical (unpaired) electrons. The second-order valence-electron chi connectivity index (χ2n) is 9.96. The monoisotopic (exact) mass is 495 g/mol. The van der Waals surface area contributed by atoms with Crippen molar-refractivity contribution in [2.24, 2.45) is 9.98 Å². The van der Waals surface area contributed by atoms with E-state index in [1.807, 2.05) is 0 Å². The molecule has 3 aromatic rings. The van der Waals surface area contributed by atoms with Gasteiger partial charge in [-0.05, 0) is 110 Å². The van der Waals surface area contributed by atoms with Crippen molar-refractivity contribution < 1.29 is 0 Å². The van der Waals surface area contributed by atoms with Gasteiger partial charge in [0.05, 0.1) is 34.2 Å². The van der Waals surface area contributed by atoms with Crippen LogP contribution in [0.2, 0.25) is 0 Å². The van der Waals surface area contributed by atoms with E-state index in [0.717, 1.165) is 72.7 Å². The van der Waals surface area contributed by atoms with Gasteiger partial charge in [0.15, 0.2) is 0 Å². The third-order valence-electron chi connectivity index (χ3n) is 7.27. The Labute approximate surface area is 225 Å². The summed E-state index contributed by atoms with van der Waals surface area (Å²) in [7, 11) is 0. The smallest absolute Gasteiger partial charge is 0.0852 e. The van der Waals surface area contributed by atoms with Crippen molar-refractivity contribution >= 4 is 22.8 Å². The van der Waals surface area contributed by atoms with Crippen LogP contribution < -0.4 is 0 Å². The lowest BCUT2D eigenvalue weighted by molar-refractivity contribution is 1.04. The molecule has 2 aromatic carbocycles. The van der Waals surface area contributed by atoms with E-state index in [1.54, 1.807) is 0 Å². The molecule has 3 heteroatoms. The topological polar surface area (TPSA) is 37.6 Å². The fourth-order valence-electron chi connectivity index (χ4n) is 4.93. The van der Waals surface area contributed by atoms with E-state index >= 15 is 0 Å². The summed E-state index contributed by atoms with van der Waals surface area (Å²) in [6.45, 7) is 19.6. The molecule has 37 heavy (non-hydrogen) atoms. The molecule has 3 rings (SSSR count). The number of aryl methyl sites for hydroxylation is 7. The number of aliphatic imine (C=N–C) groups is 2. The van der Waals surface area contributed by atoms with E-state index in [4.69, 9.17) is 15.0 Å². The van der Waals surface area contributed by atoms with Gasteiger partial charge in [0, 0.05) is 0 Å². The van der Waals surface area contributed by atoms with E-state index in [2.05, 4.69) is 98.7 Å². The average Bonchev–Trinajstić information content (AvgIpc) is 2.92. The zero-order chi connectivity index (χ0) is 27.1. The van der Waals surface area contributed by atoms with Crippen molar-refractivity contribution in [1.29, 1.82) is 0 Å². The molecule has 0 bridgehead atoms. The van der Waals surface area contributed by atoms with Crippen LogP contribution in [-0.4, -0.2) is 16.4 Å². The summed E-state index contributed by atoms with van der Waals surface area (Å²) in [4.78, 5) is 15.4. The highest BCUT2D eigenvalue weighted by Gasteiger charge is 2.13. The normalized spacial score (nSPS) is 12.4. The number of benzene rings is 2. The summed E-state index contributed by atoms with van der Waals surface area (Å²) in [5.41, 5.74) is 15.2. The van der Waals surface area contributed by atoms with Crippen LogP contribution >= 0.6 is 0 Å². The van der Waals surface area contributed by atoms with Gasteiger partial charge in [0.25, 0.3) is 0 Å². The third kappa shape index (κ3) is 6.63. The standard InChI is InChI=1S/C34H45N3/c1-10-25-18-27(12-3)33(28(13-4)19-25)35-23(8)31-16-22(7)17-32(37-31)24(9)36-34-29(14-5)20-26(11-2)21-30(34)15-6/h16-21H,10-15H2,1-9H3. The van der Waals surface area contributed by atoms with Gasteiger partial charge in [0.1, 0.15) is 0 Å². The highest BCUT2D eigenvalue weighted by molar-refractivity contribution is 6.03. The van der Waals surface area contributed by atoms with Gasteiger partial charge >= 0.3 is 0 Å². The maximum absolute atomic E-state index is 5.16. The quantitative estimate of drug-likeness (QED) is 0.258. The van der Waals surface area contributed by atoms with Crippen LogP contribution in [0, 0.1) is 6.92 Å². The molecule has 3 nitrogen and oxygen atoms in total. The molecule has 0 aliphatic heterocycles. The van der Waals surface area contributed by atoms with Crippen LogP contribution in [0.1, 0.15) is 106 Å². The maximum Gasteiger partial charge on any atom is 0.0852 e. The number of rotatable bonds is 10. The molecule has 196 valence electrons. The molecule has 0 aliphatic rings. The first-order chi connectivity index (χ1) is 17.8. The Kier molecular flexibility index (Phi) is 9.97. The van der Waals surface area contributed by atoms with Crippen LogP contribution in [0.3, 0.4) is 0 Å². The van der Waals surface area contributed by atoms with Crippen LogP contribution in [0.5, 0.6) is 0 Å². The summed E-state index contributed by atoms with van der Waals surface area (Å²) in [6.07, 6.45) is 5.99. The van der Waals surface area contributed by atoms with Crippen molar-refractivity contribution in [3.63, 3.8) is 0 Å². The van der Waals surface area contributed by atoms with E-state index in [-0.39, 0.29) is 0 Å². The molecule has 0 saturated heterocycles. The SMILES string of the molecule is CCc1cc(CC)c(N=C(C)c2cc(C)cc(C(C)=Nc3c(CC)cc(CC)cc3CC)n2)c(CC)c1. The number of aromatic nitrogens is 1. The highest BCUT2D eigenvalue weighted by atomic mass is 14.8. The predicted molar refractivity (Wildman–Crippen MR) is 162 cm³/mol. The molecule has 0 unspecified atom stereocenters. The lowest BCUT2D eigenvalue weighted by atomic mass is 9.98. The van der Waals surface area contributed by atoms with Crippen LogP contribution in [0.4, 0.5) is 11.4 Å². The zero-order valence-electron chi connectivity index (χ0n) is 24.5. The third-order valence-corrected chi connectivity index (χ3v) is 7.27. The fraction of sp³-hybridized carbons (Fsp3) is 0.441. The van der Waals surface area contributed by atoms with Gasteiger partial charge in [-0.15, -0.1) is 0 Å². The molecule has 1 heterocycles. The molecule has 0 atom stereocenters. The minimum Gasteiger partial charge on any atom is -0.251 e. The molecule has 0 N–H and O–H groups in total. The van der Waals surface area contributed by atoms with Crippen molar-refractivity contribution in [2.75, 3.05) is 0 Å². The Balaban J connectivity index is 2.09. The fourth-order valence-corrected chi connectivity index (χ4v) is 4.93. The maximum atomic E-state index is 5.16. The second-order valence-corrected chi connectivity index (χ2v) is 9.96. The average molecular weight is 496 g/mol. The number of pyridine rings is 1. The zero-order valence-corrected chi connectivity index (χ0v) is 24.5. The molecular formula is C34H45N3. The van der Waals surface area contributed by atoms with Crippen LogP contribution in [-0.2, 0) is 38.5 Å². The van der Waals surface area contributed by atoms with Gasteiger partial charge in [-0.1, -0.05) is 65.8 Å². The number of hydrogen-bond donors (Lipinski definition) is 0. The minimum absolute atomic E-state index is 0.918. The van der Waals surface area contributed by atoms with Crippen molar-refractivity contribution in [3.8, 4) is 0 Å². The van der Waals surface area contributed by atoms with Gasteiger partial charge in [-0.3, -0.25) is 9.98 Å². The first-order valence-corrected chi connectivity index (χ1v) is 14.2. The minimum atomic E-state index is 0.918. The Bertz CT molecular complexity index is 1160. The molecular weight excluding hydrogens is 450 g/mol. The van der Waals surface area contributed by atoms with Crippen molar-refractivity contribution in [3.05, 3.63) is 86.7 Å². The second kappa shape index (κ2) is 12.9. The Morgan fingerprint density at radius 1 is 0.541 bits per heavy atom. The Morgan fingerprint density at radius 2 is 0.865 bits per heavy atom. The summed E-state index contributed by atoms with van der Waals surface area (Å²) in [5.74, 6) is 0. The Hall–Kier alpha value is -3.07. The van der Waals surface area contributed by atoms with Gasteiger partial charge in [0.2, 0.25) is 0 Å². The first-order valence-electron chi connectivity index (χ1n) is 14.2. The molecule has 0 fully saturated rings. The van der Waals surface area contributed by atoms with E-state index < -0.39 is 0 Å². The summed E-state index contributed by atoms with van der Waals surface area (Å²) < 4.78 is 0. The summed E-state index contributed by atoms with van der Waals surface area (Å²) in [5, 5.41) is 0. The van der Waals surface area contributed by atoms with Gasteiger partial charge in [-0.2, -0.15) is 0 Å². The molecule has 1 aromatic heterocycles. The van der Waals surface area contributed by atoms with Crippen molar-refractivity contribution in [2.45, 2.75) is 101 Å². The van der Waals surface area contributed by atoms with Gasteiger partial charge in [-0.25, -0.2) is 4.98 Å². The van der Waals surface area contributed by atoms with Gasteiger partial charge < -0.3 is 0 Å². The first kappa shape index (κ1) is 28.5. The number of nitrogens with zero attached hydrogens (tertiary/aromatic N) is 3. The molecule has 0 spiro atoms. The number of hydrogen-bond acceptors (Lipinski definition) is 3. The molecule has 0 amide bonds. The van der Waals surface area contributed by atoms with Crippen LogP contribution in [0.15, 0.2) is 46.4 Å². The lowest BCUT2D eigenvalue weighted by Gasteiger charge is -2.14. The van der Waals surface area contributed by atoms with Crippen LogP contribution in [0.25, 0.3) is 0 Å². The highest BCUT2D eigenvalue weighted by Crippen LogP contribution is 2.30.